The number of aliphatic imine (C=N–C) groups is 1. The predicted molar refractivity (Wildman–Crippen MR) is 78.6 cm³/mol. The fraction of sp³-hybridized carbons (Fsp3) is 0.200. The molecule has 0 fully saturated rings. The van der Waals surface area contributed by atoms with Crippen LogP contribution in [0.3, 0.4) is 0 Å². The number of ether oxygens (including phenoxy) is 3. The van der Waals surface area contributed by atoms with E-state index in [9.17, 15) is 0 Å². The molecule has 0 bridgehead atoms. The minimum absolute atomic E-state index is 0.378. The maximum atomic E-state index is 5.33. The van der Waals surface area contributed by atoms with Crippen LogP contribution in [0.2, 0.25) is 0 Å². The molecule has 5 heteroatoms. The predicted octanol–water partition coefficient (Wildman–Crippen LogP) is 2.79. The van der Waals surface area contributed by atoms with E-state index in [2.05, 4.69) is 16.6 Å². The average Bonchev–Trinajstić information content (AvgIpc) is 2.50. The van der Waals surface area contributed by atoms with E-state index in [-0.39, 0.29) is 0 Å². The number of hydrogen-bond donors (Lipinski definition) is 0. The maximum absolute atomic E-state index is 5.33. The van der Waals surface area contributed by atoms with Crippen molar-refractivity contribution in [3.63, 3.8) is 0 Å². The highest BCUT2D eigenvalue weighted by Gasteiger charge is 2.12. The Morgan fingerprint density at radius 3 is 2.65 bits per heavy atom. The molecule has 0 aliphatic carbocycles. The summed E-state index contributed by atoms with van der Waals surface area (Å²) in [6.07, 6.45) is 1.31. The fourth-order valence-electron chi connectivity index (χ4n) is 1.90. The lowest BCUT2D eigenvalue weighted by molar-refractivity contribution is 0.401. The van der Waals surface area contributed by atoms with Gasteiger partial charge >= 0.3 is 0 Å². The van der Waals surface area contributed by atoms with Crippen molar-refractivity contribution in [2.75, 3.05) is 21.3 Å². The average molecular weight is 272 g/mol. The Labute approximate surface area is 117 Å². The summed E-state index contributed by atoms with van der Waals surface area (Å²) in [6, 6.07) is 7.54. The number of hydrogen-bond acceptors (Lipinski definition) is 5. The van der Waals surface area contributed by atoms with E-state index in [1.54, 1.807) is 21.3 Å². The minimum Gasteiger partial charge on any atom is -0.497 e. The van der Waals surface area contributed by atoms with E-state index < -0.39 is 0 Å². The third-order valence-electron chi connectivity index (χ3n) is 2.81. The van der Waals surface area contributed by atoms with E-state index >= 15 is 0 Å². The number of rotatable bonds is 4. The molecule has 0 radical (unpaired) electrons. The van der Waals surface area contributed by atoms with Crippen LogP contribution in [0.5, 0.6) is 11.6 Å². The summed E-state index contributed by atoms with van der Waals surface area (Å²) in [4.78, 5) is 8.44. The van der Waals surface area contributed by atoms with Crippen LogP contribution in [-0.2, 0) is 4.74 Å². The Balaban J connectivity index is 2.65. The summed E-state index contributed by atoms with van der Waals surface area (Å²) in [5, 5.41) is 1.83. The summed E-state index contributed by atoms with van der Waals surface area (Å²) in [5.74, 6) is 1.65. The molecular weight excluding hydrogens is 256 g/mol. The third-order valence-corrected chi connectivity index (χ3v) is 2.81. The second-order valence-electron chi connectivity index (χ2n) is 3.92. The van der Waals surface area contributed by atoms with E-state index in [0.29, 0.717) is 17.5 Å². The van der Waals surface area contributed by atoms with Gasteiger partial charge in [-0.2, -0.15) is 0 Å². The molecule has 0 aliphatic heterocycles. The summed E-state index contributed by atoms with van der Waals surface area (Å²) in [6.45, 7) is 3.52. The summed E-state index contributed by atoms with van der Waals surface area (Å²) >= 11 is 0. The SMILES string of the molecule is C=COC(=NC)c1cc2cc(OC)ccc2c(OC)n1. The number of fused-ring (bicyclic) bond motifs is 1. The van der Waals surface area contributed by atoms with Crippen molar-refractivity contribution in [1.82, 2.24) is 4.98 Å². The first-order chi connectivity index (χ1) is 9.73. The Kier molecular flexibility index (Phi) is 4.20. The monoisotopic (exact) mass is 272 g/mol. The van der Waals surface area contributed by atoms with E-state index in [1.807, 2.05) is 24.3 Å². The maximum Gasteiger partial charge on any atom is 0.240 e. The Bertz CT molecular complexity index is 665. The van der Waals surface area contributed by atoms with E-state index in [0.717, 1.165) is 16.5 Å². The van der Waals surface area contributed by atoms with Gasteiger partial charge in [0.25, 0.3) is 0 Å². The summed E-state index contributed by atoms with van der Waals surface area (Å²) in [5.41, 5.74) is 0.574. The van der Waals surface area contributed by atoms with Crippen molar-refractivity contribution in [2.45, 2.75) is 0 Å². The molecule has 0 aliphatic rings. The Morgan fingerprint density at radius 1 is 1.25 bits per heavy atom. The zero-order chi connectivity index (χ0) is 14.5. The molecule has 2 aromatic rings. The van der Waals surface area contributed by atoms with Gasteiger partial charge in [-0.15, -0.1) is 0 Å². The highest BCUT2D eigenvalue weighted by molar-refractivity contribution is 5.98. The van der Waals surface area contributed by atoms with Crippen molar-refractivity contribution >= 4 is 16.7 Å². The first-order valence-electron chi connectivity index (χ1n) is 6.01. The number of benzene rings is 1. The number of methoxy groups -OCH3 is 2. The molecule has 0 unspecified atom stereocenters. The van der Waals surface area contributed by atoms with Gasteiger partial charge in [0, 0.05) is 12.4 Å². The van der Waals surface area contributed by atoms with Crippen LogP contribution in [0, 0.1) is 0 Å². The fourth-order valence-corrected chi connectivity index (χ4v) is 1.90. The molecular formula is C15H16N2O3. The van der Waals surface area contributed by atoms with Crippen LogP contribution in [-0.4, -0.2) is 32.1 Å². The highest BCUT2D eigenvalue weighted by atomic mass is 16.5. The van der Waals surface area contributed by atoms with Crippen LogP contribution in [0.4, 0.5) is 0 Å². The molecule has 0 N–H and O–H groups in total. The van der Waals surface area contributed by atoms with Crippen LogP contribution in [0.25, 0.3) is 10.8 Å². The van der Waals surface area contributed by atoms with Gasteiger partial charge in [0.2, 0.25) is 11.8 Å². The lowest BCUT2D eigenvalue weighted by Crippen LogP contribution is -2.06. The molecule has 5 nitrogen and oxygen atoms in total. The van der Waals surface area contributed by atoms with Crippen LogP contribution < -0.4 is 9.47 Å². The van der Waals surface area contributed by atoms with Crippen molar-refractivity contribution in [3.8, 4) is 11.6 Å². The molecule has 0 spiro atoms. The lowest BCUT2D eigenvalue weighted by atomic mass is 10.1. The standard InChI is InChI=1S/C15H16N2O3/c1-5-20-15(16-2)13-9-10-8-11(18-3)6-7-12(10)14(17-13)19-4/h5-9H,1H2,2-4H3. The zero-order valence-corrected chi connectivity index (χ0v) is 11.7. The van der Waals surface area contributed by atoms with Crippen molar-refractivity contribution < 1.29 is 14.2 Å². The topological polar surface area (TPSA) is 52.9 Å². The molecule has 104 valence electrons. The normalized spacial score (nSPS) is 11.2. The van der Waals surface area contributed by atoms with Crippen LogP contribution in [0.1, 0.15) is 5.69 Å². The molecule has 1 aromatic heterocycles. The summed E-state index contributed by atoms with van der Waals surface area (Å²) in [7, 11) is 4.83. The second-order valence-corrected chi connectivity index (χ2v) is 3.92. The minimum atomic E-state index is 0.378. The molecule has 2 rings (SSSR count). The number of nitrogens with zero attached hydrogens (tertiary/aromatic N) is 2. The Morgan fingerprint density at radius 2 is 2.05 bits per heavy atom. The van der Waals surface area contributed by atoms with Gasteiger partial charge in [-0.05, 0) is 29.7 Å². The van der Waals surface area contributed by atoms with Crippen molar-refractivity contribution in [1.29, 1.82) is 0 Å². The van der Waals surface area contributed by atoms with Gasteiger partial charge in [-0.3, -0.25) is 4.99 Å². The molecule has 0 saturated heterocycles. The highest BCUT2D eigenvalue weighted by Crippen LogP contribution is 2.28. The van der Waals surface area contributed by atoms with E-state index in [1.165, 1.54) is 6.26 Å². The first-order valence-corrected chi connectivity index (χ1v) is 6.01. The van der Waals surface area contributed by atoms with Crippen molar-refractivity contribution in [3.05, 3.63) is 42.8 Å². The Hall–Kier alpha value is -2.56. The first kappa shape index (κ1) is 13.9. The van der Waals surface area contributed by atoms with Gasteiger partial charge in [-0.25, -0.2) is 4.98 Å². The second kappa shape index (κ2) is 6.06. The number of pyridine rings is 1. The van der Waals surface area contributed by atoms with Gasteiger partial charge in [0.15, 0.2) is 0 Å². The number of aromatic nitrogens is 1. The smallest absolute Gasteiger partial charge is 0.240 e. The molecule has 0 amide bonds. The third kappa shape index (κ3) is 2.56. The van der Waals surface area contributed by atoms with E-state index in [4.69, 9.17) is 14.2 Å². The van der Waals surface area contributed by atoms with Gasteiger partial charge < -0.3 is 14.2 Å². The molecule has 0 saturated carbocycles. The lowest BCUT2D eigenvalue weighted by Gasteiger charge is -2.10. The molecule has 1 aromatic carbocycles. The molecule has 0 atom stereocenters. The quantitative estimate of drug-likeness (QED) is 0.488. The van der Waals surface area contributed by atoms with Gasteiger partial charge in [0.1, 0.15) is 11.4 Å². The van der Waals surface area contributed by atoms with Gasteiger partial charge in [-0.1, -0.05) is 6.58 Å². The zero-order valence-electron chi connectivity index (χ0n) is 11.7. The van der Waals surface area contributed by atoms with Crippen molar-refractivity contribution in [2.24, 2.45) is 4.99 Å². The van der Waals surface area contributed by atoms with Crippen LogP contribution >= 0.6 is 0 Å². The molecule has 1 heterocycles. The largest absolute Gasteiger partial charge is 0.497 e. The van der Waals surface area contributed by atoms with Crippen LogP contribution in [0.15, 0.2) is 42.1 Å². The molecule has 20 heavy (non-hydrogen) atoms. The summed E-state index contributed by atoms with van der Waals surface area (Å²) < 4.78 is 15.8. The van der Waals surface area contributed by atoms with Gasteiger partial charge in [0.05, 0.1) is 20.5 Å².